The molecular weight excluding hydrogens is 210 g/mol. The van der Waals surface area contributed by atoms with E-state index in [1.54, 1.807) is 26.2 Å². The number of hydrogen-bond donors (Lipinski definition) is 0. The lowest BCUT2D eigenvalue weighted by Crippen LogP contribution is -2.16. The van der Waals surface area contributed by atoms with Crippen LogP contribution in [-0.4, -0.2) is 30.5 Å². The van der Waals surface area contributed by atoms with Crippen LogP contribution in [0.5, 0.6) is 0 Å². The summed E-state index contributed by atoms with van der Waals surface area (Å²) in [6.07, 6.45) is 0.817. The second kappa shape index (κ2) is 4.98. The number of aryl methyl sites for hydroxylation is 1. The molecule has 0 fully saturated rings. The minimum Gasteiger partial charge on any atom is -0.339 e. The van der Waals surface area contributed by atoms with E-state index in [-0.39, 0.29) is 5.24 Å². The summed E-state index contributed by atoms with van der Waals surface area (Å²) >= 11 is 1.16. The van der Waals surface area contributed by atoms with E-state index >= 15 is 0 Å². The van der Waals surface area contributed by atoms with Crippen LogP contribution in [0.25, 0.3) is 0 Å². The van der Waals surface area contributed by atoms with Crippen molar-refractivity contribution in [3.05, 3.63) is 29.3 Å². The van der Waals surface area contributed by atoms with Crippen molar-refractivity contribution in [1.29, 1.82) is 0 Å². The molecule has 0 aliphatic heterocycles. The monoisotopic (exact) mass is 223 g/mol. The van der Waals surface area contributed by atoms with Gasteiger partial charge in [0.15, 0.2) is 0 Å². The molecule has 0 bridgehead atoms. The normalized spacial score (nSPS) is 9.80. The molecule has 0 spiro atoms. The van der Waals surface area contributed by atoms with E-state index in [1.165, 1.54) is 4.90 Å². The van der Waals surface area contributed by atoms with Gasteiger partial charge in [0.1, 0.15) is 6.29 Å². The average molecular weight is 223 g/mol. The van der Waals surface area contributed by atoms with Crippen molar-refractivity contribution < 1.29 is 9.59 Å². The molecule has 0 aliphatic rings. The maximum atomic E-state index is 11.4. The molecule has 15 heavy (non-hydrogen) atoms. The maximum Gasteiger partial charge on any atom is 0.285 e. The van der Waals surface area contributed by atoms with Gasteiger partial charge in [0.05, 0.1) is 0 Å². The molecule has 1 aromatic rings. The fourth-order valence-corrected chi connectivity index (χ4v) is 1.79. The Morgan fingerprint density at radius 3 is 2.53 bits per heavy atom. The minimum absolute atomic E-state index is 0.0201. The quantitative estimate of drug-likeness (QED) is 0.571. The minimum atomic E-state index is -0.0201. The van der Waals surface area contributed by atoms with Gasteiger partial charge in [-0.25, -0.2) is 0 Å². The summed E-state index contributed by atoms with van der Waals surface area (Å²) in [7, 11) is 3.42. The number of amides is 1. The van der Waals surface area contributed by atoms with Crippen LogP contribution in [0.3, 0.4) is 0 Å². The van der Waals surface area contributed by atoms with E-state index in [0.717, 1.165) is 28.5 Å². The SMILES string of the molecule is Cc1cc(SC(=O)N(C)C)ccc1C=O. The number of benzene rings is 1. The number of aldehydes is 1. The largest absolute Gasteiger partial charge is 0.339 e. The fraction of sp³-hybridized carbons (Fsp3) is 0.273. The molecule has 0 N–H and O–H groups in total. The van der Waals surface area contributed by atoms with Gasteiger partial charge in [-0.2, -0.15) is 0 Å². The molecule has 0 heterocycles. The second-order valence-corrected chi connectivity index (χ2v) is 4.42. The molecule has 80 valence electrons. The molecule has 0 atom stereocenters. The third kappa shape index (κ3) is 3.09. The highest BCUT2D eigenvalue weighted by Gasteiger charge is 2.07. The molecule has 1 amide bonds. The van der Waals surface area contributed by atoms with E-state index < -0.39 is 0 Å². The lowest BCUT2D eigenvalue weighted by molar-refractivity contribution is 0.112. The zero-order chi connectivity index (χ0) is 11.4. The zero-order valence-electron chi connectivity index (χ0n) is 8.98. The Balaban J connectivity index is 2.84. The van der Waals surface area contributed by atoms with E-state index in [0.29, 0.717) is 5.56 Å². The van der Waals surface area contributed by atoms with E-state index in [9.17, 15) is 9.59 Å². The van der Waals surface area contributed by atoms with Gasteiger partial charge in [0.25, 0.3) is 5.24 Å². The van der Waals surface area contributed by atoms with Crippen LogP contribution >= 0.6 is 11.8 Å². The third-order valence-electron chi connectivity index (χ3n) is 1.94. The summed E-state index contributed by atoms with van der Waals surface area (Å²) in [6.45, 7) is 1.86. The van der Waals surface area contributed by atoms with Gasteiger partial charge in [0, 0.05) is 24.6 Å². The summed E-state index contributed by atoms with van der Waals surface area (Å²) in [6, 6.07) is 5.35. The molecule has 1 aromatic carbocycles. The van der Waals surface area contributed by atoms with E-state index in [4.69, 9.17) is 0 Å². The third-order valence-corrected chi connectivity index (χ3v) is 2.97. The number of nitrogens with zero attached hydrogens (tertiary/aromatic N) is 1. The summed E-state index contributed by atoms with van der Waals surface area (Å²) in [5.74, 6) is 0. The summed E-state index contributed by atoms with van der Waals surface area (Å²) in [4.78, 5) is 24.4. The second-order valence-electron chi connectivity index (χ2n) is 3.40. The van der Waals surface area contributed by atoms with Gasteiger partial charge in [-0.15, -0.1) is 0 Å². The number of carbonyl (C=O) groups is 2. The molecule has 0 radical (unpaired) electrons. The van der Waals surface area contributed by atoms with Crippen molar-refractivity contribution in [2.24, 2.45) is 0 Å². The van der Waals surface area contributed by atoms with Crippen LogP contribution < -0.4 is 0 Å². The maximum absolute atomic E-state index is 11.4. The summed E-state index contributed by atoms with van der Waals surface area (Å²) < 4.78 is 0. The molecule has 4 heteroatoms. The molecule has 0 saturated carbocycles. The first-order valence-electron chi connectivity index (χ1n) is 4.49. The Morgan fingerprint density at radius 2 is 2.07 bits per heavy atom. The Bertz CT molecular complexity index is 388. The Labute approximate surface area is 93.5 Å². The van der Waals surface area contributed by atoms with E-state index in [1.807, 2.05) is 13.0 Å². The van der Waals surface area contributed by atoms with Crippen LogP contribution in [0.2, 0.25) is 0 Å². The predicted octanol–water partition coefficient (Wildman–Crippen LogP) is 2.58. The average Bonchev–Trinajstić information content (AvgIpc) is 2.18. The molecule has 0 aromatic heterocycles. The predicted molar refractivity (Wildman–Crippen MR) is 61.5 cm³/mol. The van der Waals surface area contributed by atoms with E-state index in [2.05, 4.69) is 0 Å². The lowest BCUT2D eigenvalue weighted by Gasteiger charge is -2.09. The Kier molecular flexibility index (Phi) is 3.91. The zero-order valence-corrected chi connectivity index (χ0v) is 9.80. The molecule has 0 unspecified atom stereocenters. The van der Waals surface area contributed by atoms with Crippen LogP contribution in [0, 0.1) is 6.92 Å². The van der Waals surface area contributed by atoms with Gasteiger partial charge in [0.2, 0.25) is 0 Å². The van der Waals surface area contributed by atoms with Gasteiger partial charge >= 0.3 is 0 Å². The first-order chi connectivity index (χ1) is 7.04. The standard InChI is InChI=1S/C11H13NO2S/c1-8-6-10(5-4-9(8)7-13)15-11(14)12(2)3/h4-7H,1-3H3. The Hall–Kier alpha value is -1.29. The van der Waals surface area contributed by atoms with Crippen molar-refractivity contribution >= 4 is 23.3 Å². The fourth-order valence-electron chi connectivity index (χ4n) is 1.04. The van der Waals surface area contributed by atoms with Crippen molar-refractivity contribution in [2.75, 3.05) is 14.1 Å². The van der Waals surface area contributed by atoms with Crippen molar-refractivity contribution in [3.8, 4) is 0 Å². The summed E-state index contributed by atoms with van der Waals surface area (Å²) in [5.41, 5.74) is 1.55. The number of thioether (sulfide) groups is 1. The molecule has 1 rings (SSSR count). The van der Waals surface area contributed by atoms with Gasteiger partial charge in [-0.3, -0.25) is 9.59 Å². The topological polar surface area (TPSA) is 37.4 Å². The molecular formula is C11H13NO2S. The van der Waals surface area contributed by atoms with Gasteiger partial charge in [-0.05, 0) is 36.4 Å². The van der Waals surface area contributed by atoms with Gasteiger partial charge in [-0.1, -0.05) is 6.07 Å². The highest BCUT2D eigenvalue weighted by atomic mass is 32.2. The van der Waals surface area contributed by atoms with Crippen LogP contribution in [0.1, 0.15) is 15.9 Å². The highest BCUT2D eigenvalue weighted by Crippen LogP contribution is 2.22. The van der Waals surface area contributed by atoms with Gasteiger partial charge < -0.3 is 4.90 Å². The van der Waals surface area contributed by atoms with Crippen molar-refractivity contribution in [2.45, 2.75) is 11.8 Å². The first kappa shape index (κ1) is 11.8. The number of rotatable bonds is 2. The molecule has 0 saturated heterocycles. The smallest absolute Gasteiger partial charge is 0.285 e. The number of hydrogen-bond acceptors (Lipinski definition) is 3. The molecule has 0 aliphatic carbocycles. The molecule has 3 nitrogen and oxygen atoms in total. The van der Waals surface area contributed by atoms with Crippen molar-refractivity contribution in [3.63, 3.8) is 0 Å². The number of carbonyl (C=O) groups excluding carboxylic acids is 2. The first-order valence-corrected chi connectivity index (χ1v) is 5.31. The van der Waals surface area contributed by atoms with Crippen molar-refractivity contribution in [1.82, 2.24) is 4.90 Å². The Morgan fingerprint density at radius 1 is 1.40 bits per heavy atom. The lowest BCUT2D eigenvalue weighted by atomic mass is 10.1. The van der Waals surface area contributed by atoms with Crippen LogP contribution in [-0.2, 0) is 0 Å². The summed E-state index contributed by atoms with van der Waals surface area (Å²) in [5, 5.41) is -0.0201. The highest BCUT2D eigenvalue weighted by molar-refractivity contribution is 8.13. The van der Waals surface area contributed by atoms with Crippen LogP contribution in [0.4, 0.5) is 4.79 Å². The van der Waals surface area contributed by atoms with Crippen LogP contribution in [0.15, 0.2) is 23.1 Å².